The van der Waals surface area contributed by atoms with Crippen molar-refractivity contribution in [3.63, 3.8) is 0 Å². The van der Waals surface area contributed by atoms with Crippen molar-refractivity contribution in [1.29, 1.82) is 0 Å². The summed E-state index contributed by atoms with van der Waals surface area (Å²) in [5.41, 5.74) is -0.461. The summed E-state index contributed by atoms with van der Waals surface area (Å²) < 4.78 is 25.6. The molecule has 0 bridgehead atoms. The number of amides is 2. The molecule has 2 rings (SSSR count). The molecule has 27 heavy (non-hydrogen) atoms. The molecular formula is C15H19ClN6O4S. The molecule has 0 radical (unpaired) electrons. The predicted molar refractivity (Wildman–Crippen MR) is 98.2 cm³/mol. The minimum Gasteiger partial charge on any atom is -0.340 e. The minimum atomic E-state index is -3.74. The van der Waals surface area contributed by atoms with Crippen molar-refractivity contribution in [2.24, 2.45) is 0 Å². The molecular weight excluding hydrogens is 396 g/mol. The van der Waals surface area contributed by atoms with E-state index < -0.39 is 33.4 Å². The molecule has 0 aliphatic rings. The largest absolute Gasteiger partial charge is 0.340 e. The van der Waals surface area contributed by atoms with Crippen LogP contribution < -0.4 is 10.0 Å². The molecule has 0 aromatic carbocycles. The van der Waals surface area contributed by atoms with E-state index in [0.29, 0.717) is 16.3 Å². The number of pyridine rings is 1. The van der Waals surface area contributed by atoms with Crippen LogP contribution in [-0.4, -0.2) is 52.0 Å². The van der Waals surface area contributed by atoms with E-state index >= 15 is 0 Å². The number of nitrogens with one attached hydrogen (secondary N) is 2. The second-order valence-corrected chi connectivity index (χ2v) is 8.59. The molecule has 146 valence electrons. The minimum absolute atomic E-state index is 0.432. The van der Waals surface area contributed by atoms with Gasteiger partial charge in [0, 0.05) is 18.0 Å². The molecule has 0 fully saturated rings. The highest BCUT2D eigenvalue weighted by molar-refractivity contribution is 7.89. The van der Waals surface area contributed by atoms with Gasteiger partial charge in [-0.05, 0) is 26.8 Å². The van der Waals surface area contributed by atoms with Crippen LogP contribution >= 0.6 is 11.6 Å². The van der Waals surface area contributed by atoms with Gasteiger partial charge in [-0.25, -0.2) is 13.1 Å². The molecule has 2 aromatic rings. The Morgan fingerprint density at radius 3 is 2.59 bits per heavy atom. The Balaban J connectivity index is 2.14. The highest BCUT2D eigenvalue weighted by Gasteiger charge is 2.33. The summed E-state index contributed by atoms with van der Waals surface area (Å²) >= 11 is 6.10. The van der Waals surface area contributed by atoms with Crippen LogP contribution in [0.5, 0.6) is 0 Å². The smallest absolute Gasteiger partial charge is 0.258 e. The first-order valence-electron chi connectivity index (χ1n) is 7.76. The van der Waals surface area contributed by atoms with E-state index in [0.717, 1.165) is 6.26 Å². The molecule has 1 unspecified atom stereocenters. The average Bonchev–Trinajstić information content (AvgIpc) is 3.02. The standard InChI is InChI=1S/C15H19ClN6O4S/c1-9(13(23)18-15(2,3)14(24)20-27(4,25)26)22-8-12(19-21-22)10-7-17-6-5-11(10)16/h5-9H,1-4H3,(H,18,23)(H,20,24). The zero-order chi connectivity index (χ0) is 20.4. The summed E-state index contributed by atoms with van der Waals surface area (Å²) in [6.45, 7) is 4.34. The van der Waals surface area contributed by atoms with Crippen LogP contribution in [0, 0.1) is 0 Å². The quantitative estimate of drug-likeness (QED) is 0.703. The topological polar surface area (TPSA) is 136 Å². The summed E-state index contributed by atoms with van der Waals surface area (Å²) in [4.78, 5) is 28.5. The molecule has 2 heterocycles. The van der Waals surface area contributed by atoms with Gasteiger partial charge in [0.15, 0.2) is 0 Å². The van der Waals surface area contributed by atoms with Gasteiger partial charge in [-0.3, -0.25) is 19.3 Å². The second-order valence-electron chi connectivity index (χ2n) is 6.43. The molecule has 2 amide bonds. The lowest BCUT2D eigenvalue weighted by molar-refractivity contribution is -0.132. The van der Waals surface area contributed by atoms with Gasteiger partial charge in [-0.1, -0.05) is 16.8 Å². The Labute approximate surface area is 161 Å². The van der Waals surface area contributed by atoms with Crippen molar-refractivity contribution in [2.75, 3.05) is 6.26 Å². The number of rotatable bonds is 6. The maximum Gasteiger partial charge on any atom is 0.258 e. The molecule has 12 heteroatoms. The maximum absolute atomic E-state index is 12.5. The lowest BCUT2D eigenvalue weighted by atomic mass is 10.0. The van der Waals surface area contributed by atoms with Crippen LogP contribution in [0.2, 0.25) is 5.02 Å². The van der Waals surface area contributed by atoms with E-state index in [1.807, 2.05) is 4.72 Å². The highest BCUT2D eigenvalue weighted by atomic mass is 35.5. The van der Waals surface area contributed by atoms with Gasteiger partial charge < -0.3 is 5.32 Å². The number of carbonyl (C=O) groups is 2. The van der Waals surface area contributed by atoms with Crippen molar-refractivity contribution in [2.45, 2.75) is 32.4 Å². The Morgan fingerprint density at radius 2 is 2.00 bits per heavy atom. The van der Waals surface area contributed by atoms with E-state index in [2.05, 4.69) is 20.6 Å². The van der Waals surface area contributed by atoms with Crippen LogP contribution in [0.1, 0.15) is 26.8 Å². The van der Waals surface area contributed by atoms with Gasteiger partial charge in [0.05, 0.1) is 17.5 Å². The van der Waals surface area contributed by atoms with Crippen molar-refractivity contribution in [3.8, 4) is 11.3 Å². The van der Waals surface area contributed by atoms with E-state index in [-0.39, 0.29) is 0 Å². The number of hydrogen-bond acceptors (Lipinski definition) is 7. The van der Waals surface area contributed by atoms with Crippen LogP contribution in [0.4, 0.5) is 0 Å². The highest BCUT2D eigenvalue weighted by Crippen LogP contribution is 2.25. The first kappa shape index (κ1) is 20.8. The third-order valence-electron chi connectivity index (χ3n) is 3.61. The fraction of sp³-hybridized carbons (Fsp3) is 0.400. The summed E-state index contributed by atoms with van der Waals surface area (Å²) in [7, 11) is -3.74. The number of nitrogens with zero attached hydrogens (tertiary/aromatic N) is 4. The van der Waals surface area contributed by atoms with E-state index in [9.17, 15) is 18.0 Å². The Bertz CT molecular complexity index is 972. The molecule has 0 saturated heterocycles. The maximum atomic E-state index is 12.5. The fourth-order valence-corrected chi connectivity index (χ4v) is 2.83. The van der Waals surface area contributed by atoms with Crippen LogP contribution in [0.25, 0.3) is 11.3 Å². The number of aromatic nitrogens is 4. The molecule has 0 aliphatic carbocycles. The van der Waals surface area contributed by atoms with E-state index in [4.69, 9.17) is 11.6 Å². The summed E-state index contributed by atoms with van der Waals surface area (Å²) in [5.74, 6) is -1.40. The number of sulfonamides is 1. The predicted octanol–water partition coefficient (Wildman–Crippen LogP) is 0.525. The van der Waals surface area contributed by atoms with Gasteiger partial charge in [0.2, 0.25) is 15.9 Å². The van der Waals surface area contributed by atoms with Crippen LogP contribution in [0.15, 0.2) is 24.7 Å². The molecule has 0 aliphatic heterocycles. The molecule has 0 spiro atoms. The molecule has 2 aromatic heterocycles. The summed E-state index contributed by atoms with van der Waals surface area (Å²) in [6, 6.07) is 0.793. The lowest BCUT2D eigenvalue weighted by Crippen LogP contribution is -2.56. The molecule has 1 atom stereocenters. The number of carbonyl (C=O) groups excluding carboxylic acids is 2. The third kappa shape index (κ3) is 5.23. The van der Waals surface area contributed by atoms with Gasteiger partial charge in [-0.15, -0.1) is 5.10 Å². The monoisotopic (exact) mass is 414 g/mol. The molecule has 10 nitrogen and oxygen atoms in total. The van der Waals surface area contributed by atoms with Crippen LogP contribution in [-0.2, 0) is 19.6 Å². The zero-order valence-electron chi connectivity index (χ0n) is 15.1. The van der Waals surface area contributed by atoms with E-state index in [1.54, 1.807) is 13.0 Å². The second kappa shape index (κ2) is 7.61. The van der Waals surface area contributed by atoms with Crippen molar-refractivity contribution in [1.82, 2.24) is 30.0 Å². The number of hydrogen-bond donors (Lipinski definition) is 2. The van der Waals surface area contributed by atoms with Crippen molar-refractivity contribution < 1.29 is 18.0 Å². The number of halogens is 1. The van der Waals surface area contributed by atoms with Crippen molar-refractivity contribution in [3.05, 3.63) is 29.7 Å². The fourth-order valence-electron chi connectivity index (χ4n) is 2.04. The van der Waals surface area contributed by atoms with Gasteiger partial charge in [0.25, 0.3) is 5.91 Å². The summed E-state index contributed by atoms with van der Waals surface area (Å²) in [6.07, 6.45) is 5.44. The molecule has 2 N–H and O–H groups in total. The Morgan fingerprint density at radius 1 is 1.33 bits per heavy atom. The Hall–Kier alpha value is -2.53. The third-order valence-corrected chi connectivity index (χ3v) is 4.50. The average molecular weight is 415 g/mol. The molecule has 0 saturated carbocycles. The van der Waals surface area contributed by atoms with Gasteiger partial charge >= 0.3 is 0 Å². The van der Waals surface area contributed by atoms with Gasteiger partial charge in [-0.2, -0.15) is 0 Å². The zero-order valence-corrected chi connectivity index (χ0v) is 16.7. The first-order valence-corrected chi connectivity index (χ1v) is 10.0. The van der Waals surface area contributed by atoms with Crippen molar-refractivity contribution >= 4 is 33.4 Å². The normalized spacial score (nSPS) is 13.1. The SMILES string of the molecule is CC(C(=O)NC(C)(C)C(=O)NS(C)(=O)=O)n1cc(-c2cnccc2Cl)nn1. The Kier molecular flexibility index (Phi) is 5.85. The first-order chi connectivity index (χ1) is 12.4. The lowest BCUT2D eigenvalue weighted by Gasteiger charge is -2.26. The van der Waals surface area contributed by atoms with Gasteiger partial charge in [0.1, 0.15) is 17.3 Å². The van der Waals surface area contributed by atoms with E-state index in [1.165, 1.54) is 37.1 Å². The summed E-state index contributed by atoms with van der Waals surface area (Å²) in [5, 5.41) is 10.8. The van der Waals surface area contributed by atoms with Crippen LogP contribution in [0.3, 0.4) is 0 Å².